The summed E-state index contributed by atoms with van der Waals surface area (Å²) in [6, 6.07) is 6.48. The number of benzene rings is 1. The van der Waals surface area contributed by atoms with Gasteiger partial charge in [0.25, 0.3) is 5.91 Å². The third-order valence-electron chi connectivity index (χ3n) is 4.55. The first kappa shape index (κ1) is 16.8. The van der Waals surface area contributed by atoms with E-state index in [1.807, 2.05) is 11.1 Å². The summed E-state index contributed by atoms with van der Waals surface area (Å²) in [6.07, 6.45) is 5.50. The van der Waals surface area contributed by atoms with Crippen LogP contribution in [0.2, 0.25) is 0 Å². The molecule has 2 aromatic heterocycles. The zero-order valence-corrected chi connectivity index (χ0v) is 14.9. The number of aromatic nitrogens is 4. The van der Waals surface area contributed by atoms with E-state index in [0.29, 0.717) is 28.7 Å². The van der Waals surface area contributed by atoms with Gasteiger partial charge in [-0.1, -0.05) is 17.3 Å². The van der Waals surface area contributed by atoms with Gasteiger partial charge in [-0.2, -0.15) is 0 Å². The summed E-state index contributed by atoms with van der Waals surface area (Å²) in [6.45, 7) is 2.14. The van der Waals surface area contributed by atoms with Gasteiger partial charge in [0.1, 0.15) is 16.5 Å². The molecule has 0 N–H and O–H groups in total. The van der Waals surface area contributed by atoms with Crippen molar-refractivity contribution in [3.8, 4) is 10.6 Å². The second-order valence-corrected chi connectivity index (χ2v) is 7.26. The van der Waals surface area contributed by atoms with Gasteiger partial charge in [0.2, 0.25) is 0 Å². The van der Waals surface area contributed by atoms with Crippen LogP contribution < -0.4 is 0 Å². The monoisotopic (exact) mass is 371 g/mol. The van der Waals surface area contributed by atoms with Crippen molar-refractivity contribution in [2.24, 2.45) is 5.92 Å². The Hall–Kier alpha value is -2.61. The maximum atomic E-state index is 13.9. The molecule has 3 aromatic rings. The molecule has 1 aliphatic heterocycles. The average molecular weight is 371 g/mol. The first-order valence-electron chi connectivity index (χ1n) is 8.54. The molecule has 134 valence electrons. The number of hydrogen-bond donors (Lipinski definition) is 0. The van der Waals surface area contributed by atoms with Crippen LogP contribution in [0.3, 0.4) is 0 Å². The first-order valence-corrected chi connectivity index (χ1v) is 9.42. The van der Waals surface area contributed by atoms with E-state index in [4.69, 9.17) is 0 Å². The third-order valence-corrected chi connectivity index (χ3v) is 5.43. The zero-order valence-electron chi connectivity index (χ0n) is 14.1. The Labute approximate surface area is 154 Å². The molecule has 1 aromatic carbocycles. The van der Waals surface area contributed by atoms with Crippen molar-refractivity contribution >= 4 is 17.2 Å². The van der Waals surface area contributed by atoms with Crippen LogP contribution in [0, 0.1) is 11.7 Å². The van der Waals surface area contributed by atoms with Crippen LogP contribution >= 0.6 is 11.3 Å². The predicted octanol–water partition coefficient (Wildman–Crippen LogP) is 3.09. The SMILES string of the molecule is O=C(c1csc(-c2ccccc2F)n1)N1CCCC(Cn2ccnn2)C1. The second kappa shape index (κ2) is 7.33. The molecule has 0 aliphatic carbocycles. The summed E-state index contributed by atoms with van der Waals surface area (Å²) in [4.78, 5) is 19.0. The van der Waals surface area contributed by atoms with E-state index in [-0.39, 0.29) is 11.7 Å². The van der Waals surface area contributed by atoms with Crippen molar-refractivity contribution in [3.63, 3.8) is 0 Å². The highest BCUT2D eigenvalue weighted by molar-refractivity contribution is 7.13. The minimum absolute atomic E-state index is 0.0906. The van der Waals surface area contributed by atoms with E-state index in [0.717, 1.165) is 25.9 Å². The molecule has 0 bridgehead atoms. The van der Waals surface area contributed by atoms with Crippen LogP contribution in [0.15, 0.2) is 42.0 Å². The van der Waals surface area contributed by atoms with Gasteiger partial charge in [0.15, 0.2) is 0 Å². The lowest BCUT2D eigenvalue weighted by Gasteiger charge is -2.32. The number of amides is 1. The smallest absolute Gasteiger partial charge is 0.273 e. The van der Waals surface area contributed by atoms with Crippen LogP contribution in [-0.2, 0) is 6.54 Å². The number of likely N-dealkylation sites (tertiary alicyclic amines) is 1. The molecule has 1 unspecified atom stereocenters. The van der Waals surface area contributed by atoms with E-state index >= 15 is 0 Å². The van der Waals surface area contributed by atoms with E-state index in [2.05, 4.69) is 15.3 Å². The van der Waals surface area contributed by atoms with Crippen molar-refractivity contribution in [1.82, 2.24) is 24.9 Å². The Kier molecular flexibility index (Phi) is 4.75. The lowest BCUT2D eigenvalue weighted by molar-refractivity contribution is 0.0654. The molecule has 0 saturated carbocycles. The Morgan fingerprint density at radius 2 is 2.23 bits per heavy atom. The van der Waals surface area contributed by atoms with Gasteiger partial charge in [-0.15, -0.1) is 16.4 Å². The highest BCUT2D eigenvalue weighted by atomic mass is 32.1. The van der Waals surface area contributed by atoms with E-state index in [1.54, 1.807) is 34.5 Å². The fraction of sp³-hybridized carbons (Fsp3) is 0.333. The average Bonchev–Trinajstić information content (AvgIpc) is 3.34. The maximum Gasteiger partial charge on any atom is 0.273 e. The predicted molar refractivity (Wildman–Crippen MR) is 96.2 cm³/mol. The molecule has 1 amide bonds. The first-order chi connectivity index (χ1) is 12.7. The molecule has 1 aliphatic rings. The zero-order chi connectivity index (χ0) is 17.9. The summed E-state index contributed by atoms with van der Waals surface area (Å²) in [7, 11) is 0. The van der Waals surface area contributed by atoms with Gasteiger partial charge >= 0.3 is 0 Å². The molecule has 8 heteroatoms. The highest BCUT2D eigenvalue weighted by Crippen LogP contribution is 2.27. The Morgan fingerprint density at radius 1 is 1.35 bits per heavy atom. The van der Waals surface area contributed by atoms with E-state index in [1.165, 1.54) is 17.4 Å². The molecule has 4 rings (SSSR count). The van der Waals surface area contributed by atoms with Crippen LogP contribution in [0.25, 0.3) is 10.6 Å². The standard InChI is InChI=1S/C18H18FN5OS/c19-15-6-2-1-5-14(15)17-21-16(12-26-17)18(25)23-8-3-4-13(10-23)11-24-9-7-20-22-24/h1-2,5-7,9,12-13H,3-4,8,10-11H2. The molecule has 0 radical (unpaired) electrons. The minimum atomic E-state index is -0.327. The Morgan fingerprint density at radius 3 is 3.04 bits per heavy atom. The summed E-state index contributed by atoms with van der Waals surface area (Å²) in [5, 5.41) is 10.1. The molecule has 1 atom stereocenters. The summed E-state index contributed by atoms with van der Waals surface area (Å²) in [5.41, 5.74) is 0.814. The van der Waals surface area contributed by atoms with Gasteiger partial charge in [-0.05, 0) is 30.9 Å². The van der Waals surface area contributed by atoms with Gasteiger partial charge in [-0.25, -0.2) is 9.37 Å². The number of carbonyl (C=O) groups is 1. The van der Waals surface area contributed by atoms with Gasteiger partial charge < -0.3 is 4.90 Å². The third kappa shape index (κ3) is 3.50. The van der Waals surface area contributed by atoms with Crippen LogP contribution in [0.5, 0.6) is 0 Å². The number of carbonyl (C=O) groups excluding carboxylic acids is 1. The summed E-state index contributed by atoms with van der Waals surface area (Å²) < 4.78 is 15.7. The number of rotatable bonds is 4. The van der Waals surface area contributed by atoms with Crippen LogP contribution in [-0.4, -0.2) is 43.9 Å². The van der Waals surface area contributed by atoms with E-state index < -0.39 is 0 Å². The molecule has 6 nitrogen and oxygen atoms in total. The topological polar surface area (TPSA) is 63.9 Å². The number of nitrogens with zero attached hydrogens (tertiary/aromatic N) is 5. The number of thiazole rings is 1. The summed E-state index contributed by atoms with van der Waals surface area (Å²) in [5.74, 6) is -0.0714. The molecule has 1 saturated heterocycles. The van der Waals surface area contributed by atoms with Gasteiger partial charge in [-0.3, -0.25) is 9.48 Å². The fourth-order valence-electron chi connectivity index (χ4n) is 3.29. The van der Waals surface area contributed by atoms with Crippen molar-refractivity contribution < 1.29 is 9.18 Å². The lowest BCUT2D eigenvalue weighted by atomic mass is 9.98. The van der Waals surface area contributed by atoms with Crippen LogP contribution in [0.1, 0.15) is 23.3 Å². The molecule has 0 spiro atoms. The highest BCUT2D eigenvalue weighted by Gasteiger charge is 2.26. The molecular weight excluding hydrogens is 353 g/mol. The molecule has 26 heavy (non-hydrogen) atoms. The number of halogens is 1. The van der Waals surface area contributed by atoms with Crippen LogP contribution in [0.4, 0.5) is 4.39 Å². The van der Waals surface area contributed by atoms with Crippen molar-refractivity contribution in [2.45, 2.75) is 19.4 Å². The largest absolute Gasteiger partial charge is 0.337 e. The van der Waals surface area contributed by atoms with Gasteiger partial charge in [0, 0.05) is 36.8 Å². The molecule has 3 heterocycles. The Bertz CT molecular complexity index is 895. The molecular formula is C18H18FN5OS. The quantitative estimate of drug-likeness (QED) is 0.707. The number of piperidine rings is 1. The van der Waals surface area contributed by atoms with Crippen molar-refractivity contribution in [3.05, 3.63) is 53.6 Å². The van der Waals surface area contributed by atoms with Crippen molar-refractivity contribution in [2.75, 3.05) is 13.1 Å². The lowest BCUT2D eigenvalue weighted by Crippen LogP contribution is -2.41. The second-order valence-electron chi connectivity index (χ2n) is 6.40. The molecule has 1 fully saturated rings. The number of hydrogen-bond acceptors (Lipinski definition) is 5. The summed E-state index contributed by atoms with van der Waals surface area (Å²) >= 11 is 1.29. The van der Waals surface area contributed by atoms with E-state index in [9.17, 15) is 9.18 Å². The normalized spacial score (nSPS) is 17.4. The van der Waals surface area contributed by atoms with Gasteiger partial charge in [0.05, 0.1) is 6.20 Å². The maximum absolute atomic E-state index is 13.9. The van der Waals surface area contributed by atoms with Crippen molar-refractivity contribution in [1.29, 1.82) is 0 Å². The minimum Gasteiger partial charge on any atom is -0.337 e. The fourth-order valence-corrected chi connectivity index (χ4v) is 4.11. The Balaban J connectivity index is 1.46.